The van der Waals surface area contributed by atoms with Gasteiger partial charge in [-0.15, -0.1) is 0 Å². The quantitative estimate of drug-likeness (QED) is 0.115. The molecule has 5 aliphatic heterocycles. The van der Waals surface area contributed by atoms with Gasteiger partial charge in [-0.25, -0.2) is 4.98 Å². The minimum atomic E-state index is -5.33. The number of carbonyl (C=O) groups is 3. The number of hydrogen-bond donors (Lipinski definition) is 0. The number of anilines is 3. The fourth-order valence-corrected chi connectivity index (χ4v) is 10.9. The number of pyridine rings is 1. The van der Waals surface area contributed by atoms with Crippen LogP contribution >= 0.6 is 7.82 Å². The molecule has 0 saturated carbocycles. The van der Waals surface area contributed by atoms with Crippen LogP contribution in [0.15, 0.2) is 85.1 Å². The molecule has 70 heavy (non-hydrogen) atoms. The number of piperidine rings is 1. The summed E-state index contributed by atoms with van der Waals surface area (Å²) in [5.41, 5.74) is 7.27. The van der Waals surface area contributed by atoms with Crippen molar-refractivity contribution in [3.63, 3.8) is 0 Å². The van der Waals surface area contributed by atoms with E-state index in [4.69, 9.17) is 14.5 Å². The molecule has 19 heteroatoms. The van der Waals surface area contributed by atoms with Crippen molar-refractivity contribution in [1.29, 1.82) is 0 Å². The Morgan fingerprint density at radius 3 is 2.27 bits per heavy atom. The Morgan fingerprint density at radius 1 is 0.786 bits per heavy atom. The summed E-state index contributed by atoms with van der Waals surface area (Å²) in [6.07, 6.45) is 8.46. The molecule has 356 valence electrons. The summed E-state index contributed by atoms with van der Waals surface area (Å²) in [6.45, 7) is 6.61. The van der Waals surface area contributed by atoms with E-state index >= 15 is 9.59 Å². The van der Waals surface area contributed by atoms with E-state index in [1.54, 1.807) is 29.3 Å². The van der Waals surface area contributed by atoms with E-state index < -0.39 is 7.82 Å². The molecule has 0 aliphatic carbocycles. The van der Waals surface area contributed by atoms with Gasteiger partial charge in [0.2, 0.25) is 0 Å². The normalized spacial score (nSPS) is 17.9. The Labute approximate surface area is 453 Å². The van der Waals surface area contributed by atoms with Crippen LogP contribution in [0.3, 0.4) is 0 Å². The first-order valence-electron chi connectivity index (χ1n) is 23.8. The van der Waals surface area contributed by atoms with Crippen LogP contribution in [0.1, 0.15) is 75.2 Å². The van der Waals surface area contributed by atoms with E-state index in [9.17, 15) is 19.1 Å². The summed E-state index contributed by atoms with van der Waals surface area (Å²) in [7, 11) is -3.35. The average Bonchev–Trinajstić information content (AvgIpc) is 3.93. The Hall–Kier alpha value is -4.03. The second kappa shape index (κ2) is 22.8. The number of amides is 3. The van der Waals surface area contributed by atoms with Crippen LogP contribution in [-0.4, -0.2) is 114 Å². The first-order chi connectivity index (χ1) is 33.0. The van der Waals surface area contributed by atoms with Crippen molar-refractivity contribution < 1.29 is 102 Å². The van der Waals surface area contributed by atoms with Gasteiger partial charge in [-0.1, -0.05) is 24.3 Å². The molecule has 2 aromatic heterocycles. The number of morpholine rings is 1. The summed E-state index contributed by atoms with van der Waals surface area (Å²) in [5.74, 6) is 0.473. The minimum Gasteiger partial charge on any atom is -0.780 e. The molecule has 0 unspecified atom stereocenters. The van der Waals surface area contributed by atoms with Gasteiger partial charge in [0.25, 0.3) is 17.7 Å². The summed E-state index contributed by atoms with van der Waals surface area (Å²) in [4.78, 5) is 81.9. The fraction of sp³-hybridized carbons (Fsp3) is 0.412. The molecule has 5 aromatic rings. The Bertz CT molecular complexity index is 2760. The van der Waals surface area contributed by atoms with Crippen LogP contribution in [-0.2, 0) is 46.4 Å². The van der Waals surface area contributed by atoms with E-state index in [0.717, 1.165) is 80.8 Å². The van der Waals surface area contributed by atoms with Gasteiger partial charge in [0.1, 0.15) is 25.1 Å². The predicted molar refractivity (Wildman–Crippen MR) is 252 cm³/mol. The van der Waals surface area contributed by atoms with Gasteiger partial charge in [-0.05, 0) is 123 Å². The SMILES string of the molecule is CN1CCc2cc(N(C(=O)c3cc(-c4ccc(OCC(=O)N5CCCCC5)cc4C(=O)N4Cc5ccccc5C[C@H]4CN4CCOCC4)n4c3CCCC4)c3ccc(OP(=O)([O-])[O-])cc3)cnc21.[Na+].[Na+]. The monoisotopic (exact) mass is 987 g/mol. The van der Waals surface area contributed by atoms with E-state index in [1.165, 1.54) is 17.7 Å². The minimum absolute atomic E-state index is 0. The summed E-state index contributed by atoms with van der Waals surface area (Å²) in [6, 6.07) is 23.2. The van der Waals surface area contributed by atoms with E-state index in [2.05, 4.69) is 31.0 Å². The second-order valence-electron chi connectivity index (χ2n) is 18.4. The smallest absolute Gasteiger partial charge is 0.780 e. The van der Waals surface area contributed by atoms with Crippen molar-refractivity contribution in [1.82, 2.24) is 24.3 Å². The van der Waals surface area contributed by atoms with Crippen LogP contribution in [0.5, 0.6) is 11.5 Å². The fourth-order valence-electron chi connectivity index (χ4n) is 10.5. The summed E-state index contributed by atoms with van der Waals surface area (Å²) >= 11 is 0. The van der Waals surface area contributed by atoms with Gasteiger partial charge >= 0.3 is 59.1 Å². The van der Waals surface area contributed by atoms with Crippen molar-refractivity contribution >= 4 is 42.7 Å². The molecule has 1 atom stereocenters. The van der Waals surface area contributed by atoms with Gasteiger partial charge in [-0.2, -0.15) is 0 Å². The van der Waals surface area contributed by atoms with Crippen LogP contribution in [0.2, 0.25) is 0 Å². The van der Waals surface area contributed by atoms with E-state index in [1.807, 2.05) is 53.2 Å². The molecule has 7 heterocycles. The Balaban J connectivity index is 0.00000329. The van der Waals surface area contributed by atoms with Crippen molar-refractivity contribution in [2.24, 2.45) is 0 Å². The molecule has 0 spiro atoms. The van der Waals surface area contributed by atoms with Gasteiger partial charge in [0.15, 0.2) is 6.61 Å². The molecular formula is C51H56N7Na2O9P. The average molecular weight is 988 g/mol. The maximum absolute atomic E-state index is 15.6. The third-order valence-corrected chi connectivity index (χ3v) is 14.5. The standard InChI is InChI=1S/C51H58N7O9P.2Na/c1-53-22-18-36-28-39(31-52-49(36)53)58(38-12-14-41(15-13-38)67-68(62,63)64)51(61)45-30-47(56-21-8-5-11-46(45)56)43-17-16-42(66-34-48(59)55-19-6-2-7-20-55)29-44(43)50(60)57-32-37-10-4-3-9-35(37)27-40(57)33-54-23-25-65-26-24-54;;/h3-4,9-10,12-17,28-31,40H,2,5-8,11,18-27,32-34H2,1H3,(H2,62,63,64);;/q;2*+1/p-2/t40-;;/m0../s1. The van der Waals surface area contributed by atoms with Crippen molar-refractivity contribution in [2.75, 3.05) is 75.9 Å². The Kier molecular flexibility index (Phi) is 17.0. The first kappa shape index (κ1) is 52.3. The van der Waals surface area contributed by atoms with Crippen LogP contribution < -0.4 is 88.0 Å². The topological polar surface area (TPSA) is 176 Å². The number of nitrogens with zero attached hydrogens (tertiary/aromatic N) is 7. The summed E-state index contributed by atoms with van der Waals surface area (Å²) in [5, 5.41) is 0. The number of benzene rings is 3. The number of hydrogen-bond acceptors (Lipinski definition) is 12. The maximum atomic E-state index is 15.6. The largest absolute Gasteiger partial charge is 1.00 e. The van der Waals surface area contributed by atoms with Crippen LogP contribution in [0.25, 0.3) is 11.3 Å². The molecule has 5 aliphatic rings. The zero-order chi connectivity index (χ0) is 46.9. The third kappa shape index (κ3) is 11.4. The van der Waals surface area contributed by atoms with E-state index in [0.29, 0.717) is 98.3 Å². The third-order valence-electron chi connectivity index (χ3n) is 14.0. The molecule has 2 fully saturated rings. The van der Waals surface area contributed by atoms with Crippen LogP contribution in [0.4, 0.5) is 17.2 Å². The van der Waals surface area contributed by atoms with Gasteiger partial charge in [0.05, 0.1) is 36.2 Å². The second-order valence-corrected chi connectivity index (χ2v) is 19.5. The maximum Gasteiger partial charge on any atom is 1.00 e. The van der Waals surface area contributed by atoms with Gasteiger partial charge in [-0.3, -0.25) is 24.2 Å². The number of carbonyl (C=O) groups excluding carboxylic acids is 3. The van der Waals surface area contributed by atoms with Gasteiger partial charge < -0.3 is 47.6 Å². The predicted octanol–water partition coefficient (Wildman–Crippen LogP) is -0.637. The molecule has 2 saturated heterocycles. The van der Waals surface area contributed by atoms with Gasteiger partial charge in [0, 0.05) is 88.1 Å². The van der Waals surface area contributed by atoms with Crippen molar-refractivity contribution in [3.8, 4) is 22.8 Å². The number of fused-ring (bicyclic) bond motifs is 3. The molecular weight excluding hydrogens is 932 g/mol. The van der Waals surface area contributed by atoms with Crippen molar-refractivity contribution in [2.45, 2.75) is 70.5 Å². The molecule has 0 N–H and O–H groups in total. The number of phosphoric acid groups is 1. The number of rotatable bonds is 12. The molecule has 0 radical (unpaired) electrons. The zero-order valence-corrected chi connectivity index (χ0v) is 45.2. The molecule has 16 nitrogen and oxygen atoms in total. The number of phosphoric ester groups is 1. The first-order valence-corrected chi connectivity index (χ1v) is 25.2. The molecule has 3 amide bonds. The number of ether oxygens (including phenoxy) is 2. The van der Waals surface area contributed by atoms with Crippen molar-refractivity contribution in [3.05, 3.63) is 119 Å². The zero-order valence-electron chi connectivity index (χ0n) is 40.3. The summed E-state index contributed by atoms with van der Waals surface area (Å²) < 4.78 is 30.2. The van der Waals surface area contributed by atoms with E-state index in [-0.39, 0.29) is 95.2 Å². The number of likely N-dealkylation sites (tertiary alicyclic amines) is 1. The van der Waals surface area contributed by atoms with Crippen LogP contribution in [0, 0.1) is 0 Å². The molecule has 3 aromatic carbocycles. The number of aromatic nitrogens is 2. The Morgan fingerprint density at radius 2 is 1.51 bits per heavy atom. The molecule has 0 bridgehead atoms. The number of likely N-dealkylation sites (N-methyl/N-ethyl adjacent to an activating group) is 1. The molecule has 10 rings (SSSR count).